The highest BCUT2D eigenvalue weighted by Crippen LogP contribution is 2.21. The molecule has 0 amide bonds. The predicted molar refractivity (Wildman–Crippen MR) is 85.0 cm³/mol. The van der Waals surface area contributed by atoms with Crippen molar-refractivity contribution in [3.8, 4) is 0 Å². The van der Waals surface area contributed by atoms with Gasteiger partial charge in [-0.1, -0.05) is 25.8 Å². The number of allylic oxidation sites excluding steroid dienone is 1. The lowest BCUT2D eigenvalue weighted by molar-refractivity contribution is -0.143. The van der Waals surface area contributed by atoms with E-state index in [1.54, 1.807) is 34.3 Å². The maximum Gasteiger partial charge on any atom is 0.500 e. The van der Waals surface area contributed by atoms with Gasteiger partial charge in [-0.3, -0.25) is 0 Å². The number of carbonyl (C=O) groups is 1. The number of ether oxygens (including phenoxy) is 1. The van der Waals surface area contributed by atoms with E-state index in [4.69, 9.17) is 18.0 Å². The molecular formula is C15H30O5Si. The van der Waals surface area contributed by atoms with Crippen LogP contribution in [0, 0.1) is 0 Å². The monoisotopic (exact) mass is 318 g/mol. The molecule has 0 saturated heterocycles. The summed E-state index contributed by atoms with van der Waals surface area (Å²) in [6, 6.07) is 0.635. The minimum absolute atomic E-state index is 0.118. The molecule has 0 aromatic heterocycles. The van der Waals surface area contributed by atoms with Crippen LogP contribution in [-0.4, -0.2) is 42.2 Å². The van der Waals surface area contributed by atoms with E-state index >= 15 is 0 Å². The Bertz CT molecular complexity index is 294. The van der Waals surface area contributed by atoms with E-state index in [2.05, 4.69) is 6.92 Å². The fourth-order valence-corrected chi connectivity index (χ4v) is 3.91. The highest BCUT2D eigenvalue weighted by atomic mass is 28.4. The fraction of sp³-hybridized carbons (Fsp3) is 0.800. The van der Waals surface area contributed by atoms with Gasteiger partial charge in [-0.25, -0.2) is 4.79 Å². The smallest absolute Gasteiger partial charge is 0.459 e. The summed E-state index contributed by atoms with van der Waals surface area (Å²) in [5.74, 6) is -0.293. The molecule has 6 heteroatoms. The van der Waals surface area contributed by atoms with Crippen molar-refractivity contribution in [3.63, 3.8) is 0 Å². The minimum atomic E-state index is -2.61. The predicted octanol–water partition coefficient (Wildman–Crippen LogP) is 3.32. The number of hydrogen-bond donors (Lipinski definition) is 0. The topological polar surface area (TPSA) is 54.0 Å². The lowest BCUT2D eigenvalue weighted by Gasteiger charge is -2.26. The fourth-order valence-electron chi connectivity index (χ4n) is 2.12. The number of hydrogen-bond acceptors (Lipinski definition) is 5. The first-order chi connectivity index (χ1) is 10.1. The second kappa shape index (κ2) is 11.9. The summed E-state index contributed by atoms with van der Waals surface area (Å²) in [5, 5.41) is 0. The maximum atomic E-state index is 11.6. The van der Waals surface area contributed by atoms with Gasteiger partial charge in [0.1, 0.15) is 6.10 Å². The zero-order valence-electron chi connectivity index (χ0n) is 14.0. The Balaban J connectivity index is 4.53. The van der Waals surface area contributed by atoms with Crippen molar-refractivity contribution in [1.82, 2.24) is 0 Å². The number of esters is 1. The summed E-state index contributed by atoms with van der Waals surface area (Å²) in [5.41, 5.74) is 0. The molecule has 0 radical (unpaired) electrons. The van der Waals surface area contributed by atoms with Crippen molar-refractivity contribution in [3.05, 3.63) is 12.2 Å². The van der Waals surface area contributed by atoms with Crippen LogP contribution in [0.3, 0.4) is 0 Å². The molecule has 0 aliphatic heterocycles. The van der Waals surface area contributed by atoms with Crippen LogP contribution in [0.4, 0.5) is 0 Å². The second-order valence-electron chi connectivity index (χ2n) is 4.89. The number of unbranched alkanes of at least 4 members (excludes halogenated alkanes) is 2. The SMILES string of the molecule is CC=CC(=O)OC(CCCCC)CC[Si](OC)(OC)OC. The summed E-state index contributed by atoms with van der Waals surface area (Å²) < 4.78 is 21.7. The largest absolute Gasteiger partial charge is 0.500 e. The van der Waals surface area contributed by atoms with Crippen LogP contribution >= 0.6 is 0 Å². The van der Waals surface area contributed by atoms with Crippen molar-refractivity contribution in [2.24, 2.45) is 0 Å². The molecular weight excluding hydrogens is 288 g/mol. The van der Waals surface area contributed by atoms with Gasteiger partial charge in [0.25, 0.3) is 0 Å². The van der Waals surface area contributed by atoms with Gasteiger partial charge in [-0.05, 0) is 26.2 Å². The van der Waals surface area contributed by atoms with Crippen LogP contribution in [0.5, 0.6) is 0 Å². The minimum Gasteiger partial charge on any atom is -0.459 e. The summed E-state index contributed by atoms with van der Waals surface area (Å²) in [7, 11) is 2.18. The summed E-state index contributed by atoms with van der Waals surface area (Å²) >= 11 is 0. The summed E-state index contributed by atoms with van der Waals surface area (Å²) in [4.78, 5) is 11.6. The van der Waals surface area contributed by atoms with Crippen LogP contribution in [0.2, 0.25) is 6.04 Å². The highest BCUT2D eigenvalue weighted by molar-refractivity contribution is 6.60. The average molecular weight is 318 g/mol. The molecule has 21 heavy (non-hydrogen) atoms. The van der Waals surface area contributed by atoms with E-state index in [9.17, 15) is 4.79 Å². The Hall–Kier alpha value is -0.693. The standard InChI is InChI=1S/C15H30O5Si/c1-6-8-9-11-14(20-15(16)10-7-2)12-13-21(17-3,18-4)19-5/h7,10,14H,6,8-9,11-13H2,1-5H3. The molecule has 0 fully saturated rings. The van der Waals surface area contributed by atoms with Crippen LogP contribution in [0.25, 0.3) is 0 Å². The van der Waals surface area contributed by atoms with Gasteiger partial charge in [-0.2, -0.15) is 0 Å². The van der Waals surface area contributed by atoms with Crippen molar-refractivity contribution in [2.45, 2.75) is 58.1 Å². The van der Waals surface area contributed by atoms with Crippen molar-refractivity contribution in [2.75, 3.05) is 21.3 Å². The third-order valence-electron chi connectivity index (χ3n) is 3.42. The van der Waals surface area contributed by atoms with Gasteiger partial charge < -0.3 is 18.0 Å². The van der Waals surface area contributed by atoms with E-state index in [1.807, 2.05) is 0 Å². The highest BCUT2D eigenvalue weighted by Gasteiger charge is 2.38. The third kappa shape index (κ3) is 8.36. The molecule has 1 unspecified atom stereocenters. The van der Waals surface area contributed by atoms with Crippen LogP contribution in [0.1, 0.15) is 46.0 Å². The molecule has 124 valence electrons. The molecule has 0 aromatic rings. The van der Waals surface area contributed by atoms with Crippen LogP contribution in [0.15, 0.2) is 12.2 Å². The summed E-state index contributed by atoms with van der Waals surface area (Å²) in [6.45, 7) is 3.95. The molecule has 0 N–H and O–H groups in total. The maximum absolute atomic E-state index is 11.6. The first-order valence-electron chi connectivity index (χ1n) is 7.56. The van der Waals surface area contributed by atoms with E-state index in [1.165, 1.54) is 6.08 Å². The Morgan fingerprint density at radius 1 is 1.10 bits per heavy atom. The quantitative estimate of drug-likeness (QED) is 0.239. The molecule has 0 heterocycles. The van der Waals surface area contributed by atoms with E-state index in [-0.39, 0.29) is 12.1 Å². The lowest BCUT2D eigenvalue weighted by Crippen LogP contribution is -2.43. The van der Waals surface area contributed by atoms with Crippen LogP contribution in [-0.2, 0) is 22.8 Å². The third-order valence-corrected chi connectivity index (χ3v) is 6.19. The molecule has 0 bridgehead atoms. The van der Waals surface area contributed by atoms with E-state index in [0.717, 1.165) is 25.7 Å². The molecule has 0 aromatic carbocycles. The molecule has 0 aliphatic carbocycles. The number of carbonyl (C=O) groups excluding carboxylic acids is 1. The summed E-state index contributed by atoms with van der Waals surface area (Å²) in [6.07, 6.45) is 7.89. The van der Waals surface area contributed by atoms with E-state index < -0.39 is 8.80 Å². The zero-order chi connectivity index (χ0) is 16.1. The first kappa shape index (κ1) is 20.3. The Kier molecular flexibility index (Phi) is 11.5. The Morgan fingerprint density at radius 2 is 1.71 bits per heavy atom. The van der Waals surface area contributed by atoms with Crippen molar-refractivity contribution < 1.29 is 22.8 Å². The molecule has 0 aliphatic rings. The van der Waals surface area contributed by atoms with Crippen molar-refractivity contribution >= 4 is 14.8 Å². The molecule has 0 saturated carbocycles. The average Bonchev–Trinajstić information content (AvgIpc) is 2.49. The second-order valence-corrected chi connectivity index (χ2v) is 7.98. The van der Waals surface area contributed by atoms with Gasteiger partial charge in [0.15, 0.2) is 0 Å². The molecule has 5 nitrogen and oxygen atoms in total. The molecule has 0 rings (SSSR count). The zero-order valence-corrected chi connectivity index (χ0v) is 15.0. The van der Waals surface area contributed by atoms with Gasteiger partial charge in [0.05, 0.1) is 0 Å². The first-order valence-corrected chi connectivity index (χ1v) is 9.49. The number of rotatable bonds is 12. The molecule has 1 atom stereocenters. The lowest BCUT2D eigenvalue weighted by atomic mass is 10.1. The Labute approximate surface area is 130 Å². The van der Waals surface area contributed by atoms with Gasteiger partial charge in [-0.15, -0.1) is 0 Å². The van der Waals surface area contributed by atoms with Gasteiger partial charge in [0, 0.05) is 33.4 Å². The van der Waals surface area contributed by atoms with Gasteiger partial charge in [0.2, 0.25) is 0 Å². The van der Waals surface area contributed by atoms with Crippen molar-refractivity contribution in [1.29, 1.82) is 0 Å². The normalized spacial score (nSPS) is 13.6. The Morgan fingerprint density at radius 3 is 2.19 bits per heavy atom. The van der Waals surface area contributed by atoms with E-state index in [0.29, 0.717) is 12.5 Å². The van der Waals surface area contributed by atoms with Gasteiger partial charge >= 0.3 is 14.8 Å². The van der Waals surface area contributed by atoms with Crippen LogP contribution < -0.4 is 0 Å². The molecule has 0 spiro atoms.